The minimum Gasteiger partial charge on any atom is -0.374 e. The van der Waals surface area contributed by atoms with E-state index in [1.54, 1.807) is 0 Å². The van der Waals surface area contributed by atoms with Gasteiger partial charge in [0.2, 0.25) is 0 Å². The topological polar surface area (TPSA) is 21.3 Å². The van der Waals surface area contributed by atoms with Gasteiger partial charge in [-0.15, -0.1) is 0 Å². The normalized spacial score (nSPS) is 11.1. The Hall–Kier alpha value is -0.520. The zero-order valence-electron chi connectivity index (χ0n) is 9.68. The Labute approximate surface area is 108 Å². The molecule has 0 aliphatic carbocycles. The number of nitrogens with one attached hydrogen (secondary N) is 1. The van der Waals surface area contributed by atoms with E-state index in [4.69, 9.17) is 4.74 Å². The lowest BCUT2D eigenvalue weighted by molar-refractivity contribution is 0.0187. The third kappa shape index (κ3) is 6.10. The summed E-state index contributed by atoms with van der Waals surface area (Å²) in [6.07, 6.45) is -2.39. The average Bonchev–Trinajstić information content (AvgIpc) is 2.25. The minimum absolute atomic E-state index is 0.299. The van der Waals surface area contributed by atoms with Gasteiger partial charge in [-0.3, -0.25) is 0 Å². The van der Waals surface area contributed by atoms with Crippen molar-refractivity contribution < 1.29 is 13.5 Å². The molecule has 0 aliphatic rings. The number of aryl methyl sites for hydroxylation is 1. The number of alkyl halides is 2. The molecule has 0 spiro atoms. The van der Waals surface area contributed by atoms with Crippen LogP contribution < -0.4 is 5.32 Å². The van der Waals surface area contributed by atoms with Crippen molar-refractivity contribution in [1.82, 2.24) is 5.32 Å². The monoisotopic (exact) mass is 307 g/mol. The smallest absolute Gasteiger partial charge is 0.261 e. The van der Waals surface area contributed by atoms with Gasteiger partial charge in [0.05, 0.1) is 6.61 Å². The lowest BCUT2D eigenvalue weighted by atomic mass is 10.1. The van der Waals surface area contributed by atoms with E-state index in [-0.39, 0.29) is 0 Å². The molecule has 96 valence electrons. The Morgan fingerprint density at radius 3 is 2.82 bits per heavy atom. The van der Waals surface area contributed by atoms with E-state index in [1.807, 2.05) is 25.1 Å². The van der Waals surface area contributed by atoms with Gasteiger partial charge in [-0.05, 0) is 24.1 Å². The molecular formula is C12H16BrF2NO. The summed E-state index contributed by atoms with van der Waals surface area (Å²) >= 11 is 3.48. The molecule has 0 amide bonds. The van der Waals surface area contributed by atoms with Crippen molar-refractivity contribution in [2.45, 2.75) is 19.9 Å². The van der Waals surface area contributed by atoms with Crippen LogP contribution in [0.5, 0.6) is 0 Å². The van der Waals surface area contributed by atoms with Gasteiger partial charge in [0.25, 0.3) is 6.43 Å². The van der Waals surface area contributed by atoms with Crippen LogP contribution in [0.15, 0.2) is 22.7 Å². The fourth-order valence-electron chi connectivity index (χ4n) is 1.34. The summed E-state index contributed by atoms with van der Waals surface area (Å²) in [6, 6.07) is 6.12. The summed E-state index contributed by atoms with van der Waals surface area (Å²) < 4.78 is 29.3. The van der Waals surface area contributed by atoms with Crippen molar-refractivity contribution in [1.29, 1.82) is 0 Å². The number of ether oxygens (including phenoxy) is 1. The summed E-state index contributed by atoms with van der Waals surface area (Å²) in [7, 11) is 0. The van der Waals surface area contributed by atoms with Crippen molar-refractivity contribution >= 4 is 15.9 Å². The van der Waals surface area contributed by atoms with E-state index in [0.717, 1.165) is 10.0 Å². The van der Waals surface area contributed by atoms with Gasteiger partial charge in [0.15, 0.2) is 0 Å². The van der Waals surface area contributed by atoms with Gasteiger partial charge in [-0.25, -0.2) is 8.78 Å². The molecule has 5 heteroatoms. The van der Waals surface area contributed by atoms with Crippen LogP contribution in [0.3, 0.4) is 0 Å². The van der Waals surface area contributed by atoms with Crippen LogP contribution in [-0.4, -0.2) is 26.2 Å². The average molecular weight is 308 g/mol. The molecule has 17 heavy (non-hydrogen) atoms. The predicted octanol–water partition coefficient (Wildman–Crippen LogP) is 3.13. The maximum Gasteiger partial charge on any atom is 0.261 e. The zero-order valence-corrected chi connectivity index (χ0v) is 11.3. The fraction of sp³-hybridized carbons (Fsp3) is 0.500. The molecular weight excluding hydrogens is 292 g/mol. The number of halogens is 3. The molecule has 0 radical (unpaired) electrons. The van der Waals surface area contributed by atoms with Gasteiger partial charge in [-0.2, -0.15) is 0 Å². The van der Waals surface area contributed by atoms with E-state index in [1.165, 1.54) is 5.56 Å². The lowest BCUT2D eigenvalue weighted by Crippen LogP contribution is -2.20. The second kappa shape index (κ2) is 7.74. The highest BCUT2D eigenvalue weighted by atomic mass is 79.9. The maximum atomic E-state index is 11.7. The Balaban J connectivity index is 2.18. The minimum atomic E-state index is -2.39. The number of rotatable bonds is 7. The van der Waals surface area contributed by atoms with Crippen LogP contribution in [0, 0.1) is 6.92 Å². The van der Waals surface area contributed by atoms with Gasteiger partial charge in [-0.1, -0.05) is 28.1 Å². The van der Waals surface area contributed by atoms with Gasteiger partial charge >= 0.3 is 0 Å². The van der Waals surface area contributed by atoms with Crippen LogP contribution in [0.25, 0.3) is 0 Å². The first-order valence-corrected chi connectivity index (χ1v) is 6.20. The van der Waals surface area contributed by atoms with E-state index in [2.05, 4.69) is 21.2 Å². The molecule has 1 aromatic carbocycles. The van der Waals surface area contributed by atoms with E-state index in [0.29, 0.717) is 19.7 Å². The summed E-state index contributed by atoms with van der Waals surface area (Å²) in [5.41, 5.74) is 2.34. The molecule has 0 bridgehead atoms. The van der Waals surface area contributed by atoms with Crippen molar-refractivity contribution in [2.24, 2.45) is 0 Å². The standard InChI is InChI=1S/C12H16BrF2NO/c1-9-2-3-10(11(13)6-9)7-16-4-5-17-8-12(14)15/h2-3,6,12,16H,4-5,7-8H2,1H3. The molecule has 1 aromatic rings. The molecule has 1 N–H and O–H groups in total. The first-order chi connectivity index (χ1) is 8.09. The largest absolute Gasteiger partial charge is 0.374 e. The van der Waals surface area contributed by atoms with Crippen LogP contribution in [0.4, 0.5) is 8.78 Å². The summed E-state index contributed by atoms with van der Waals surface area (Å²) in [6.45, 7) is 3.09. The van der Waals surface area contributed by atoms with Crippen molar-refractivity contribution in [3.05, 3.63) is 33.8 Å². The van der Waals surface area contributed by atoms with E-state index in [9.17, 15) is 8.78 Å². The van der Waals surface area contributed by atoms with Crippen LogP contribution in [-0.2, 0) is 11.3 Å². The first-order valence-electron chi connectivity index (χ1n) is 5.41. The van der Waals surface area contributed by atoms with Crippen LogP contribution in [0.1, 0.15) is 11.1 Å². The van der Waals surface area contributed by atoms with Crippen LogP contribution in [0.2, 0.25) is 0 Å². The molecule has 0 aliphatic heterocycles. The molecule has 0 saturated heterocycles. The van der Waals surface area contributed by atoms with Crippen LogP contribution >= 0.6 is 15.9 Å². The number of benzene rings is 1. The highest BCUT2D eigenvalue weighted by molar-refractivity contribution is 9.10. The highest BCUT2D eigenvalue weighted by Crippen LogP contribution is 2.17. The number of hydrogen-bond donors (Lipinski definition) is 1. The molecule has 0 aromatic heterocycles. The molecule has 0 saturated carbocycles. The highest BCUT2D eigenvalue weighted by Gasteiger charge is 2.02. The lowest BCUT2D eigenvalue weighted by Gasteiger charge is -2.08. The second-order valence-corrected chi connectivity index (χ2v) is 4.59. The zero-order chi connectivity index (χ0) is 12.7. The molecule has 2 nitrogen and oxygen atoms in total. The third-order valence-corrected chi connectivity index (χ3v) is 2.93. The SMILES string of the molecule is Cc1ccc(CNCCOCC(F)F)c(Br)c1. The Morgan fingerprint density at radius 1 is 1.41 bits per heavy atom. The second-order valence-electron chi connectivity index (χ2n) is 3.74. The summed E-state index contributed by atoms with van der Waals surface area (Å²) in [4.78, 5) is 0. The third-order valence-electron chi connectivity index (χ3n) is 2.19. The molecule has 0 heterocycles. The fourth-order valence-corrected chi connectivity index (χ4v) is 1.97. The Bertz CT molecular complexity index is 347. The first kappa shape index (κ1) is 14.5. The number of hydrogen-bond acceptors (Lipinski definition) is 2. The van der Waals surface area contributed by atoms with E-state index >= 15 is 0 Å². The molecule has 1 rings (SSSR count). The Kier molecular flexibility index (Phi) is 6.62. The summed E-state index contributed by atoms with van der Waals surface area (Å²) in [5.74, 6) is 0. The van der Waals surface area contributed by atoms with Crippen molar-refractivity contribution in [3.63, 3.8) is 0 Å². The maximum absolute atomic E-state index is 11.7. The van der Waals surface area contributed by atoms with Gasteiger partial charge in [0.1, 0.15) is 6.61 Å². The van der Waals surface area contributed by atoms with Crippen molar-refractivity contribution in [3.8, 4) is 0 Å². The van der Waals surface area contributed by atoms with Gasteiger partial charge in [0, 0.05) is 17.6 Å². The van der Waals surface area contributed by atoms with Crippen molar-refractivity contribution in [2.75, 3.05) is 19.8 Å². The molecule has 0 atom stereocenters. The Morgan fingerprint density at radius 2 is 2.18 bits per heavy atom. The predicted molar refractivity (Wildman–Crippen MR) is 67.4 cm³/mol. The molecule has 0 unspecified atom stereocenters. The van der Waals surface area contributed by atoms with E-state index < -0.39 is 13.0 Å². The molecule has 0 fully saturated rings. The quantitative estimate of drug-likeness (QED) is 0.782. The van der Waals surface area contributed by atoms with Gasteiger partial charge < -0.3 is 10.1 Å². The summed E-state index contributed by atoms with van der Waals surface area (Å²) in [5, 5.41) is 3.14.